The van der Waals surface area contributed by atoms with Crippen LogP contribution in [0, 0.1) is 0 Å². The molecule has 10 nitrogen and oxygen atoms in total. The fourth-order valence-corrected chi connectivity index (χ4v) is 3.72. The summed E-state index contributed by atoms with van der Waals surface area (Å²) < 4.78 is 41.7. The fraction of sp³-hybridized carbons (Fsp3) is 0.190. The number of aromatic nitrogens is 6. The van der Waals surface area contributed by atoms with E-state index < -0.39 is 30.5 Å². The van der Waals surface area contributed by atoms with Gasteiger partial charge in [0.1, 0.15) is 12.9 Å². The van der Waals surface area contributed by atoms with Crippen molar-refractivity contribution in [2.45, 2.75) is 25.4 Å². The predicted molar refractivity (Wildman–Crippen MR) is 121 cm³/mol. The molecule has 2 aromatic heterocycles. The molecule has 15 heteroatoms. The zero-order valence-electron chi connectivity index (χ0n) is 17.9. The summed E-state index contributed by atoms with van der Waals surface area (Å²) in [7, 11) is 0. The van der Waals surface area contributed by atoms with Gasteiger partial charge in [-0.05, 0) is 36.4 Å². The molecule has 4 rings (SSSR count). The molecule has 36 heavy (non-hydrogen) atoms. The number of alkyl halides is 3. The van der Waals surface area contributed by atoms with Crippen molar-refractivity contribution in [3.8, 4) is 17.1 Å². The molecule has 0 unspecified atom stereocenters. The summed E-state index contributed by atoms with van der Waals surface area (Å²) >= 11 is 12.0. The Labute approximate surface area is 209 Å². The Morgan fingerprint density at radius 2 is 1.78 bits per heavy atom. The van der Waals surface area contributed by atoms with Crippen LogP contribution in [0.1, 0.15) is 16.2 Å². The predicted octanol–water partition coefficient (Wildman–Crippen LogP) is 3.27. The molecule has 0 saturated heterocycles. The van der Waals surface area contributed by atoms with Crippen molar-refractivity contribution in [1.29, 1.82) is 0 Å². The van der Waals surface area contributed by atoms with Crippen LogP contribution in [0.25, 0.3) is 17.1 Å². The monoisotopic (exact) mass is 542 g/mol. The normalized spacial score (nSPS) is 12.6. The molecule has 2 N–H and O–H groups in total. The van der Waals surface area contributed by atoms with Gasteiger partial charge in [0, 0.05) is 10.6 Å². The molecule has 4 aromatic rings. The number of carbonyl (C=O) groups is 1. The van der Waals surface area contributed by atoms with Crippen LogP contribution in [-0.2, 0) is 13.1 Å². The second-order valence-electron chi connectivity index (χ2n) is 7.49. The molecule has 0 amide bonds. The van der Waals surface area contributed by atoms with Crippen molar-refractivity contribution >= 4 is 29.2 Å². The standard InChI is InChI=1S/C21H15Cl2F3N6O4/c22-12-6-4-11(5-7-12)18-29-31(20(36)30(18)8-15(33)21(24,25)26)9-16-27-10-32(28-16)17-13(19(34)35)2-1-3-14(17)23/h1-7,10,15,33H,8-9H2,(H,34,35)/t15-/m1/s1. The molecule has 0 radical (unpaired) electrons. The number of benzene rings is 2. The van der Waals surface area contributed by atoms with E-state index >= 15 is 0 Å². The van der Waals surface area contributed by atoms with Gasteiger partial charge in [-0.2, -0.15) is 13.2 Å². The largest absolute Gasteiger partial charge is 0.478 e. The van der Waals surface area contributed by atoms with Crippen molar-refractivity contribution in [2.75, 3.05) is 0 Å². The molecule has 0 saturated carbocycles. The van der Waals surface area contributed by atoms with E-state index in [1.807, 2.05) is 0 Å². The number of aliphatic hydroxyl groups is 1. The minimum absolute atomic E-state index is 0.00275. The minimum Gasteiger partial charge on any atom is -0.478 e. The third-order valence-electron chi connectivity index (χ3n) is 5.04. The molecule has 1 atom stereocenters. The van der Waals surface area contributed by atoms with E-state index in [-0.39, 0.29) is 40.0 Å². The van der Waals surface area contributed by atoms with Crippen LogP contribution in [-0.4, -0.2) is 57.6 Å². The third-order valence-corrected chi connectivity index (χ3v) is 5.59. The van der Waals surface area contributed by atoms with Crippen molar-refractivity contribution in [3.63, 3.8) is 0 Å². The van der Waals surface area contributed by atoms with Gasteiger partial charge in [0.2, 0.25) is 0 Å². The van der Waals surface area contributed by atoms with E-state index in [0.29, 0.717) is 9.59 Å². The van der Waals surface area contributed by atoms with E-state index in [0.717, 1.165) is 9.36 Å². The van der Waals surface area contributed by atoms with E-state index in [1.54, 1.807) is 0 Å². The zero-order chi connectivity index (χ0) is 26.2. The Hall–Kier alpha value is -3.68. The van der Waals surface area contributed by atoms with Gasteiger partial charge in [-0.1, -0.05) is 29.3 Å². The number of halogens is 5. The van der Waals surface area contributed by atoms with Crippen LogP contribution < -0.4 is 5.69 Å². The second kappa shape index (κ2) is 9.76. The Morgan fingerprint density at radius 3 is 2.42 bits per heavy atom. The van der Waals surface area contributed by atoms with Crippen molar-refractivity contribution in [3.05, 3.63) is 80.7 Å². The van der Waals surface area contributed by atoms with Crippen LogP contribution in [0.5, 0.6) is 0 Å². The molecular formula is C21H15Cl2F3N6O4. The second-order valence-corrected chi connectivity index (χ2v) is 8.33. The molecule has 2 heterocycles. The van der Waals surface area contributed by atoms with E-state index in [4.69, 9.17) is 23.2 Å². The number of hydrogen-bond acceptors (Lipinski definition) is 6. The van der Waals surface area contributed by atoms with Crippen molar-refractivity contribution in [1.82, 2.24) is 29.1 Å². The van der Waals surface area contributed by atoms with Crippen LogP contribution in [0.3, 0.4) is 0 Å². The van der Waals surface area contributed by atoms with Gasteiger partial charge in [0.25, 0.3) is 0 Å². The summed E-state index contributed by atoms with van der Waals surface area (Å²) in [5.41, 5.74) is -0.779. The van der Waals surface area contributed by atoms with Gasteiger partial charge in [-0.25, -0.2) is 23.9 Å². The maximum Gasteiger partial charge on any atom is 0.416 e. The summed E-state index contributed by atoms with van der Waals surface area (Å²) in [4.78, 5) is 28.6. The van der Waals surface area contributed by atoms with Crippen LogP contribution >= 0.6 is 23.2 Å². The van der Waals surface area contributed by atoms with Gasteiger partial charge >= 0.3 is 17.8 Å². The van der Waals surface area contributed by atoms with E-state index in [2.05, 4.69) is 15.2 Å². The summed E-state index contributed by atoms with van der Waals surface area (Å²) in [6.45, 7) is -1.46. The first-order valence-corrected chi connectivity index (χ1v) is 10.8. The van der Waals surface area contributed by atoms with Gasteiger partial charge in [-0.15, -0.1) is 10.2 Å². The summed E-state index contributed by atoms with van der Waals surface area (Å²) in [6.07, 6.45) is -6.60. The molecule has 0 fully saturated rings. The third kappa shape index (κ3) is 5.12. The Morgan fingerprint density at radius 1 is 1.08 bits per heavy atom. The van der Waals surface area contributed by atoms with E-state index in [1.165, 1.54) is 48.8 Å². The van der Waals surface area contributed by atoms with Crippen LogP contribution in [0.4, 0.5) is 13.2 Å². The number of carboxylic acids is 1. The van der Waals surface area contributed by atoms with Gasteiger partial charge in [0.15, 0.2) is 17.8 Å². The quantitative estimate of drug-likeness (QED) is 0.366. The molecule has 0 aliphatic carbocycles. The SMILES string of the molecule is O=C(O)c1cccc(Cl)c1-n1cnc(Cn2nc(-c3ccc(Cl)cc3)n(C[C@@H](O)C(F)(F)F)c2=O)n1. The highest BCUT2D eigenvalue weighted by Crippen LogP contribution is 2.25. The minimum atomic E-state index is -4.96. The van der Waals surface area contributed by atoms with E-state index in [9.17, 15) is 33.0 Å². The topological polar surface area (TPSA) is 128 Å². The number of hydrogen-bond donors (Lipinski definition) is 2. The highest BCUT2D eigenvalue weighted by Gasteiger charge is 2.39. The van der Waals surface area contributed by atoms with Gasteiger partial charge in [0.05, 0.1) is 22.8 Å². The molecule has 2 aromatic carbocycles. The number of carboxylic acid groups (broad SMARTS) is 1. The summed E-state index contributed by atoms with van der Waals surface area (Å²) in [5.74, 6) is -1.40. The number of aromatic carboxylic acids is 1. The number of rotatable bonds is 7. The lowest BCUT2D eigenvalue weighted by Gasteiger charge is -2.15. The highest BCUT2D eigenvalue weighted by molar-refractivity contribution is 6.33. The number of nitrogens with zero attached hydrogens (tertiary/aromatic N) is 6. The Bertz CT molecular complexity index is 1480. The molecule has 0 spiro atoms. The maximum absolute atomic E-state index is 13.0. The average molecular weight is 543 g/mol. The average Bonchev–Trinajstić information content (AvgIpc) is 3.39. The van der Waals surface area contributed by atoms with Crippen molar-refractivity contribution < 1.29 is 28.2 Å². The maximum atomic E-state index is 13.0. The zero-order valence-corrected chi connectivity index (χ0v) is 19.4. The summed E-state index contributed by atoms with van der Waals surface area (Å²) in [6, 6.07) is 10.1. The van der Waals surface area contributed by atoms with Gasteiger partial charge < -0.3 is 10.2 Å². The first-order chi connectivity index (χ1) is 17.0. The molecule has 188 valence electrons. The number of aliphatic hydroxyl groups excluding tert-OH is 1. The fourth-order valence-electron chi connectivity index (χ4n) is 3.33. The smallest absolute Gasteiger partial charge is 0.416 e. The lowest BCUT2D eigenvalue weighted by molar-refractivity contribution is -0.207. The number of para-hydroxylation sites is 1. The van der Waals surface area contributed by atoms with Crippen LogP contribution in [0.2, 0.25) is 10.0 Å². The molecule has 0 bridgehead atoms. The van der Waals surface area contributed by atoms with Crippen molar-refractivity contribution in [2.24, 2.45) is 0 Å². The Balaban J connectivity index is 1.73. The van der Waals surface area contributed by atoms with Gasteiger partial charge in [-0.3, -0.25) is 4.57 Å². The lowest BCUT2D eigenvalue weighted by atomic mass is 10.2. The lowest BCUT2D eigenvalue weighted by Crippen LogP contribution is -2.37. The summed E-state index contributed by atoms with van der Waals surface area (Å²) in [5, 5.41) is 27.7. The molecule has 0 aliphatic heterocycles. The Kier molecular flexibility index (Phi) is 6.89. The highest BCUT2D eigenvalue weighted by atomic mass is 35.5. The molecule has 0 aliphatic rings. The molecular weight excluding hydrogens is 528 g/mol. The first-order valence-electron chi connectivity index (χ1n) is 10.1. The van der Waals surface area contributed by atoms with Crippen LogP contribution in [0.15, 0.2) is 53.6 Å². The first kappa shape index (κ1) is 25.4.